The standard InChI is InChI=1S/C5H9I2NO4/c6-11-3-1-8(5(9)10)2-4-12-7/h1-4H2,(H,9,10). The Morgan fingerprint density at radius 1 is 1.25 bits per heavy atom. The topological polar surface area (TPSA) is 59.0 Å². The quantitative estimate of drug-likeness (QED) is 0.689. The summed E-state index contributed by atoms with van der Waals surface area (Å²) in [6, 6.07) is 0. The van der Waals surface area contributed by atoms with Crippen LogP contribution in [0.15, 0.2) is 0 Å². The summed E-state index contributed by atoms with van der Waals surface area (Å²) in [5, 5.41) is 8.64. The lowest BCUT2D eigenvalue weighted by molar-refractivity contribution is 0.134. The summed E-state index contributed by atoms with van der Waals surface area (Å²) in [5.74, 6) is 0. The molecule has 12 heavy (non-hydrogen) atoms. The minimum atomic E-state index is -0.947. The van der Waals surface area contributed by atoms with Gasteiger partial charge in [-0.15, -0.1) is 0 Å². The fraction of sp³-hybridized carbons (Fsp3) is 0.800. The van der Waals surface area contributed by atoms with Gasteiger partial charge in [-0.1, -0.05) is 0 Å². The summed E-state index contributed by atoms with van der Waals surface area (Å²) in [4.78, 5) is 11.8. The Bertz CT molecular complexity index is 127. The highest BCUT2D eigenvalue weighted by atomic mass is 127. The van der Waals surface area contributed by atoms with E-state index in [4.69, 9.17) is 11.2 Å². The van der Waals surface area contributed by atoms with Crippen molar-refractivity contribution in [2.24, 2.45) is 0 Å². The van der Waals surface area contributed by atoms with Crippen LogP contribution in [0.3, 0.4) is 0 Å². The normalized spacial score (nSPS) is 9.83. The predicted molar refractivity (Wildman–Crippen MR) is 59.5 cm³/mol. The number of nitrogens with zero attached hydrogens (tertiary/aromatic N) is 1. The van der Waals surface area contributed by atoms with E-state index in [9.17, 15) is 4.79 Å². The van der Waals surface area contributed by atoms with Crippen LogP contribution in [0.5, 0.6) is 0 Å². The summed E-state index contributed by atoms with van der Waals surface area (Å²) in [6.45, 7) is 1.54. The Morgan fingerprint density at radius 2 is 1.67 bits per heavy atom. The second-order valence-corrected chi connectivity index (χ2v) is 3.14. The minimum absolute atomic E-state index is 0.373. The second-order valence-electron chi connectivity index (χ2n) is 1.90. The maximum atomic E-state index is 10.5. The van der Waals surface area contributed by atoms with Crippen LogP contribution in [0.1, 0.15) is 0 Å². The van der Waals surface area contributed by atoms with Gasteiger partial charge in [-0.2, -0.15) is 0 Å². The molecule has 5 nitrogen and oxygen atoms in total. The average molecular weight is 401 g/mol. The van der Waals surface area contributed by atoms with Crippen LogP contribution < -0.4 is 0 Å². The third kappa shape index (κ3) is 6.20. The number of halogens is 2. The first-order valence-corrected chi connectivity index (χ1v) is 4.93. The lowest BCUT2D eigenvalue weighted by atomic mass is 10.5. The Kier molecular flexibility index (Phi) is 8.70. The molecule has 0 rings (SSSR count). The lowest BCUT2D eigenvalue weighted by Gasteiger charge is -2.16. The van der Waals surface area contributed by atoms with Crippen LogP contribution >= 0.6 is 46.0 Å². The molecule has 0 bridgehead atoms. The number of carbonyl (C=O) groups is 1. The van der Waals surface area contributed by atoms with Crippen molar-refractivity contribution in [3.63, 3.8) is 0 Å². The van der Waals surface area contributed by atoms with Gasteiger partial charge in [0.1, 0.15) is 46.0 Å². The maximum absolute atomic E-state index is 10.5. The van der Waals surface area contributed by atoms with Crippen molar-refractivity contribution in [3.8, 4) is 0 Å². The molecule has 0 fully saturated rings. The maximum Gasteiger partial charge on any atom is 0.407 e. The van der Waals surface area contributed by atoms with Crippen LogP contribution in [0.25, 0.3) is 0 Å². The lowest BCUT2D eigenvalue weighted by Crippen LogP contribution is -2.34. The van der Waals surface area contributed by atoms with E-state index < -0.39 is 6.09 Å². The molecule has 0 aromatic carbocycles. The molecule has 1 N–H and O–H groups in total. The van der Waals surface area contributed by atoms with Crippen molar-refractivity contribution < 1.29 is 16.0 Å². The molecule has 72 valence electrons. The van der Waals surface area contributed by atoms with Gasteiger partial charge in [0.05, 0.1) is 13.2 Å². The van der Waals surface area contributed by atoms with E-state index in [1.165, 1.54) is 4.90 Å². The fourth-order valence-corrected chi connectivity index (χ4v) is 0.986. The largest absolute Gasteiger partial charge is 0.465 e. The Labute approximate surface area is 98.8 Å². The third-order valence-electron chi connectivity index (χ3n) is 1.15. The molecule has 0 aromatic heterocycles. The smallest absolute Gasteiger partial charge is 0.407 e. The van der Waals surface area contributed by atoms with Gasteiger partial charge in [-0.25, -0.2) is 4.79 Å². The molecule has 0 aliphatic rings. The van der Waals surface area contributed by atoms with E-state index in [-0.39, 0.29) is 0 Å². The van der Waals surface area contributed by atoms with Crippen LogP contribution in [0.2, 0.25) is 0 Å². The molecule has 0 aliphatic carbocycles. The van der Waals surface area contributed by atoms with Gasteiger partial charge in [0.15, 0.2) is 0 Å². The van der Waals surface area contributed by atoms with Crippen LogP contribution in [-0.4, -0.2) is 42.4 Å². The summed E-state index contributed by atoms with van der Waals surface area (Å²) in [7, 11) is 0. The first-order chi connectivity index (χ1) is 5.72. The van der Waals surface area contributed by atoms with Crippen LogP contribution in [-0.2, 0) is 6.13 Å². The summed E-state index contributed by atoms with van der Waals surface area (Å²) < 4.78 is 9.45. The minimum Gasteiger partial charge on any atom is -0.465 e. The first kappa shape index (κ1) is 12.7. The number of hydrogen-bond donors (Lipinski definition) is 1. The zero-order chi connectivity index (χ0) is 9.40. The molecule has 0 saturated heterocycles. The van der Waals surface area contributed by atoms with Gasteiger partial charge in [-0.05, 0) is 0 Å². The molecule has 7 heteroatoms. The van der Waals surface area contributed by atoms with E-state index in [0.29, 0.717) is 26.3 Å². The summed E-state index contributed by atoms with van der Waals surface area (Å²) >= 11 is 3.46. The monoisotopic (exact) mass is 401 g/mol. The van der Waals surface area contributed by atoms with E-state index >= 15 is 0 Å². The summed E-state index contributed by atoms with van der Waals surface area (Å²) in [5.41, 5.74) is 0. The van der Waals surface area contributed by atoms with Crippen LogP contribution in [0.4, 0.5) is 4.79 Å². The zero-order valence-corrected chi connectivity index (χ0v) is 10.5. The van der Waals surface area contributed by atoms with E-state index in [1.807, 2.05) is 0 Å². The molecule has 0 spiro atoms. The third-order valence-corrected chi connectivity index (χ3v) is 2.03. The zero-order valence-electron chi connectivity index (χ0n) is 6.20. The van der Waals surface area contributed by atoms with Crippen molar-refractivity contribution in [1.82, 2.24) is 4.90 Å². The van der Waals surface area contributed by atoms with Crippen molar-refractivity contribution in [2.45, 2.75) is 0 Å². The molecule has 0 aromatic rings. The SMILES string of the molecule is O=C(O)N(CCOI)CCOI. The first-order valence-electron chi connectivity index (χ1n) is 3.17. The van der Waals surface area contributed by atoms with Gasteiger partial charge >= 0.3 is 6.09 Å². The van der Waals surface area contributed by atoms with Crippen molar-refractivity contribution in [3.05, 3.63) is 0 Å². The molecule has 0 aliphatic heterocycles. The molecule has 0 atom stereocenters. The number of hydrogen-bond acceptors (Lipinski definition) is 3. The predicted octanol–water partition coefficient (Wildman–Crippen LogP) is 1.70. The fourth-order valence-electron chi connectivity index (χ4n) is 0.592. The van der Waals surface area contributed by atoms with Gasteiger partial charge in [-0.3, -0.25) is 0 Å². The molecular weight excluding hydrogens is 392 g/mol. The number of rotatable bonds is 6. The average Bonchev–Trinajstić information content (AvgIpc) is 2.04. The van der Waals surface area contributed by atoms with Crippen molar-refractivity contribution in [2.75, 3.05) is 26.3 Å². The Hall–Kier alpha value is 0.650. The van der Waals surface area contributed by atoms with Crippen molar-refractivity contribution in [1.29, 1.82) is 0 Å². The van der Waals surface area contributed by atoms with Gasteiger partial charge < -0.3 is 16.1 Å². The number of carboxylic acid groups (broad SMARTS) is 1. The molecular formula is C5H9I2NO4. The Morgan fingerprint density at radius 3 is 1.92 bits per heavy atom. The van der Waals surface area contributed by atoms with E-state index in [1.54, 1.807) is 46.0 Å². The van der Waals surface area contributed by atoms with Gasteiger partial charge in [0, 0.05) is 13.1 Å². The van der Waals surface area contributed by atoms with Crippen LogP contribution in [0, 0.1) is 0 Å². The highest BCUT2D eigenvalue weighted by molar-refractivity contribution is 14.1. The highest BCUT2D eigenvalue weighted by Gasteiger charge is 2.10. The molecule has 0 unspecified atom stereocenters. The molecule has 1 amide bonds. The van der Waals surface area contributed by atoms with Gasteiger partial charge in [0.2, 0.25) is 0 Å². The van der Waals surface area contributed by atoms with Gasteiger partial charge in [0.25, 0.3) is 0 Å². The van der Waals surface area contributed by atoms with Crippen molar-refractivity contribution >= 4 is 52.1 Å². The molecule has 0 saturated carbocycles. The second kappa shape index (κ2) is 8.26. The van der Waals surface area contributed by atoms with E-state index in [0.717, 1.165) is 0 Å². The molecule has 0 heterocycles. The Balaban J connectivity index is 3.62. The van der Waals surface area contributed by atoms with E-state index in [2.05, 4.69) is 0 Å². The highest BCUT2D eigenvalue weighted by Crippen LogP contribution is 1.94. The number of amides is 1. The molecule has 0 radical (unpaired) electrons. The summed E-state index contributed by atoms with van der Waals surface area (Å²) in [6.07, 6.45) is -0.947.